The largest absolute Gasteiger partial charge is 0.497 e. The Kier molecular flexibility index (Phi) is 5.31. The molecule has 0 saturated carbocycles. The van der Waals surface area contributed by atoms with Crippen molar-refractivity contribution in [2.24, 2.45) is 0 Å². The van der Waals surface area contributed by atoms with Gasteiger partial charge in [0.1, 0.15) is 5.75 Å². The van der Waals surface area contributed by atoms with E-state index in [4.69, 9.17) is 9.47 Å². The van der Waals surface area contributed by atoms with Gasteiger partial charge in [0.05, 0.1) is 17.4 Å². The highest BCUT2D eigenvalue weighted by Gasteiger charge is 2.34. The maximum atomic E-state index is 11.4. The predicted octanol–water partition coefficient (Wildman–Crippen LogP) is 4.31. The minimum atomic E-state index is -0.370. The zero-order valence-corrected chi connectivity index (χ0v) is 16.3. The van der Waals surface area contributed by atoms with E-state index in [0.29, 0.717) is 25.1 Å². The Morgan fingerprint density at radius 2 is 1.90 bits per heavy atom. The second-order valence-electron chi connectivity index (χ2n) is 7.29. The predicted molar refractivity (Wildman–Crippen MR) is 112 cm³/mol. The lowest BCUT2D eigenvalue weighted by Gasteiger charge is -2.38. The topological polar surface area (TPSA) is 86.5 Å². The number of ether oxygens (including phenoxy) is 2. The summed E-state index contributed by atoms with van der Waals surface area (Å²) in [5.41, 5.74) is 2.09. The summed E-state index contributed by atoms with van der Waals surface area (Å²) < 4.78 is 10.9. The van der Waals surface area contributed by atoms with Gasteiger partial charge in [-0.25, -0.2) is 0 Å². The van der Waals surface area contributed by atoms with E-state index in [1.54, 1.807) is 25.6 Å². The van der Waals surface area contributed by atoms with Crippen LogP contribution in [0, 0.1) is 10.1 Å². The molecule has 0 unspecified atom stereocenters. The van der Waals surface area contributed by atoms with Crippen LogP contribution in [0.15, 0.2) is 54.9 Å². The van der Waals surface area contributed by atoms with Gasteiger partial charge in [-0.05, 0) is 42.7 Å². The minimum Gasteiger partial charge on any atom is -0.497 e. The number of nitro groups is 1. The number of nitro benzene ring substituents is 1. The molecule has 0 aliphatic carbocycles. The fourth-order valence-electron chi connectivity index (χ4n) is 4.03. The number of non-ortho nitro benzene ring substituents is 1. The number of hydrogen-bond donors (Lipinski definition) is 1. The van der Waals surface area contributed by atoms with E-state index in [0.717, 1.165) is 29.7 Å². The Bertz CT molecular complexity index is 1010. The molecule has 1 aromatic heterocycles. The van der Waals surface area contributed by atoms with E-state index < -0.39 is 0 Å². The average Bonchev–Trinajstić information content (AvgIpc) is 2.78. The molecule has 150 valence electrons. The normalized spacial score (nSPS) is 15.8. The second-order valence-corrected chi connectivity index (χ2v) is 7.29. The molecule has 7 nitrogen and oxygen atoms in total. The van der Waals surface area contributed by atoms with Crippen LogP contribution in [0.5, 0.6) is 5.75 Å². The maximum absolute atomic E-state index is 11.4. The first-order valence-corrected chi connectivity index (χ1v) is 9.60. The molecule has 1 aliphatic rings. The first kappa shape index (κ1) is 19.1. The summed E-state index contributed by atoms with van der Waals surface area (Å²) in [5.74, 6) is 0.831. The fourth-order valence-corrected chi connectivity index (χ4v) is 4.03. The third kappa shape index (κ3) is 3.73. The van der Waals surface area contributed by atoms with Crippen molar-refractivity contribution in [2.45, 2.75) is 18.3 Å². The number of fused-ring (bicyclic) bond motifs is 1. The van der Waals surface area contributed by atoms with Crippen molar-refractivity contribution in [3.8, 4) is 5.75 Å². The quantitative estimate of drug-likeness (QED) is 0.496. The van der Waals surface area contributed by atoms with Crippen molar-refractivity contribution >= 4 is 22.1 Å². The standard InChI is InChI=1S/C22H23N3O4/c1-28-17-4-2-16(3-5-17)22(9-12-29-13-10-22)15-24-20-6-7-21(25(26)27)19-14-23-11-8-18(19)20/h2-8,11,14,24H,9-10,12-13,15H2,1H3. The molecule has 1 fully saturated rings. The Balaban J connectivity index is 1.66. The SMILES string of the molecule is COc1ccc(C2(CNc3ccc([N+](=O)[O-])c4cnccc34)CCOCC2)cc1. The van der Waals surface area contributed by atoms with Crippen LogP contribution in [0.2, 0.25) is 0 Å². The molecule has 2 aromatic carbocycles. The van der Waals surface area contributed by atoms with Crippen LogP contribution in [0.25, 0.3) is 10.8 Å². The summed E-state index contributed by atoms with van der Waals surface area (Å²) in [6, 6.07) is 13.3. The maximum Gasteiger partial charge on any atom is 0.278 e. The molecule has 4 rings (SSSR count). The van der Waals surface area contributed by atoms with E-state index in [2.05, 4.69) is 22.4 Å². The van der Waals surface area contributed by atoms with Crippen molar-refractivity contribution in [2.75, 3.05) is 32.2 Å². The lowest BCUT2D eigenvalue weighted by Crippen LogP contribution is -2.40. The number of nitrogens with one attached hydrogen (secondary N) is 1. The number of benzene rings is 2. The van der Waals surface area contributed by atoms with Gasteiger partial charge in [-0.2, -0.15) is 0 Å². The van der Waals surface area contributed by atoms with Gasteiger partial charge in [-0.15, -0.1) is 0 Å². The lowest BCUT2D eigenvalue weighted by atomic mass is 9.74. The molecule has 0 spiro atoms. The highest BCUT2D eigenvalue weighted by atomic mass is 16.6. The second kappa shape index (κ2) is 8.05. The van der Waals surface area contributed by atoms with Crippen molar-refractivity contribution in [1.29, 1.82) is 0 Å². The molecule has 0 radical (unpaired) electrons. The average molecular weight is 393 g/mol. The zero-order chi connectivity index (χ0) is 20.3. The molecule has 3 aromatic rings. The van der Waals surface area contributed by atoms with Crippen molar-refractivity contribution in [3.05, 3.63) is 70.5 Å². The number of pyridine rings is 1. The molecule has 29 heavy (non-hydrogen) atoms. The number of anilines is 1. The minimum absolute atomic E-state index is 0.0644. The van der Waals surface area contributed by atoms with Crippen LogP contribution in [-0.4, -0.2) is 36.8 Å². The lowest BCUT2D eigenvalue weighted by molar-refractivity contribution is -0.383. The van der Waals surface area contributed by atoms with Crippen LogP contribution in [0.4, 0.5) is 11.4 Å². The van der Waals surface area contributed by atoms with Crippen LogP contribution < -0.4 is 10.1 Å². The Labute approximate surface area is 168 Å². The first-order valence-electron chi connectivity index (χ1n) is 9.60. The molecule has 0 atom stereocenters. The van der Waals surface area contributed by atoms with E-state index in [-0.39, 0.29) is 16.0 Å². The van der Waals surface area contributed by atoms with Gasteiger partial charge >= 0.3 is 0 Å². The van der Waals surface area contributed by atoms with Gasteiger partial charge in [0.2, 0.25) is 0 Å². The van der Waals surface area contributed by atoms with Gasteiger partial charge in [0.15, 0.2) is 0 Å². The van der Waals surface area contributed by atoms with Crippen molar-refractivity contribution in [1.82, 2.24) is 4.98 Å². The van der Waals surface area contributed by atoms with Crippen LogP contribution >= 0.6 is 0 Å². The molecule has 0 bridgehead atoms. The van der Waals surface area contributed by atoms with Crippen LogP contribution in [-0.2, 0) is 10.2 Å². The zero-order valence-electron chi connectivity index (χ0n) is 16.3. The summed E-state index contributed by atoms with van der Waals surface area (Å²) in [4.78, 5) is 15.0. The number of rotatable bonds is 6. The smallest absolute Gasteiger partial charge is 0.278 e. The van der Waals surface area contributed by atoms with Gasteiger partial charge in [-0.1, -0.05) is 12.1 Å². The van der Waals surface area contributed by atoms with E-state index in [1.807, 2.05) is 18.2 Å². The van der Waals surface area contributed by atoms with Crippen LogP contribution in [0.3, 0.4) is 0 Å². The molecule has 1 aliphatic heterocycles. The van der Waals surface area contributed by atoms with E-state index in [9.17, 15) is 10.1 Å². The molecular weight excluding hydrogens is 370 g/mol. The number of methoxy groups -OCH3 is 1. The third-order valence-electron chi connectivity index (χ3n) is 5.76. The van der Waals surface area contributed by atoms with Gasteiger partial charge in [-0.3, -0.25) is 15.1 Å². The highest BCUT2D eigenvalue weighted by Crippen LogP contribution is 2.37. The Morgan fingerprint density at radius 3 is 2.59 bits per heavy atom. The monoisotopic (exact) mass is 393 g/mol. The molecular formula is C22H23N3O4. The third-order valence-corrected chi connectivity index (χ3v) is 5.76. The first-order chi connectivity index (χ1) is 14.1. The molecule has 1 N–H and O–H groups in total. The summed E-state index contributed by atoms with van der Waals surface area (Å²) in [6.45, 7) is 2.12. The summed E-state index contributed by atoms with van der Waals surface area (Å²) in [6.07, 6.45) is 5.01. The van der Waals surface area contributed by atoms with E-state index >= 15 is 0 Å². The number of nitrogens with zero attached hydrogens (tertiary/aromatic N) is 2. The van der Waals surface area contributed by atoms with Gasteiger partial charge < -0.3 is 14.8 Å². The number of hydrogen-bond acceptors (Lipinski definition) is 6. The van der Waals surface area contributed by atoms with E-state index in [1.165, 1.54) is 11.6 Å². The number of aromatic nitrogens is 1. The molecule has 1 saturated heterocycles. The summed E-state index contributed by atoms with van der Waals surface area (Å²) >= 11 is 0. The molecule has 0 amide bonds. The molecule has 2 heterocycles. The summed E-state index contributed by atoms with van der Waals surface area (Å²) in [7, 11) is 1.66. The van der Waals surface area contributed by atoms with Crippen LogP contribution in [0.1, 0.15) is 18.4 Å². The summed E-state index contributed by atoms with van der Waals surface area (Å²) in [5, 5.41) is 16.2. The van der Waals surface area contributed by atoms with Crippen molar-refractivity contribution in [3.63, 3.8) is 0 Å². The highest BCUT2D eigenvalue weighted by molar-refractivity contribution is 5.99. The molecule has 7 heteroatoms. The Hall–Kier alpha value is -3.19. The fraction of sp³-hybridized carbons (Fsp3) is 0.318. The van der Waals surface area contributed by atoms with Gasteiger partial charge in [0, 0.05) is 54.7 Å². The van der Waals surface area contributed by atoms with Crippen molar-refractivity contribution < 1.29 is 14.4 Å². The van der Waals surface area contributed by atoms with Gasteiger partial charge in [0.25, 0.3) is 5.69 Å². The Morgan fingerprint density at radius 1 is 1.14 bits per heavy atom.